The first kappa shape index (κ1) is 7.72. The summed E-state index contributed by atoms with van der Waals surface area (Å²) in [4.78, 5) is 3.93. The first-order valence-corrected chi connectivity index (χ1v) is 3.70. The zero-order valence-corrected chi connectivity index (χ0v) is 6.70. The largest absolute Gasteiger partial charge is 0.278 e. The Labute approximate surface area is 67.0 Å². The third-order valence-electron chi connectivity index (χ3n) is 1.24. The number of rotatable bonds is 0. The van der Waals surface area contributed by atoms with Gasteiger partial charge in [0.15, 0.2) is 0 Å². The van der Waals surface area contributed by atoms with Crippen LogP contribution in [-0.2, 0) is 0 Å². The molecular weight excluding hydrogens is 138 g/mol. The number of aromatic amines is 1. The van der Waals surface area contributed by atoms with Crippen LogP contribution >= 0.6 is 0 Å². The lowest BCUT2D eigenvalue weighted by Gasteiger charge is -1.80. The van der Waals surface area contributed by atoms with Crippen LogP contribution in [0.4, 0.5) is 0 Å². The standard InChI is InChI=1S/C6H5N3.C2H6.H2/c1-2-7-3-5-4-8-9-6(1)5;1-2;/h1-4H,(H,8,9);1-2H3;1H. The summed E-state index contributed by atoms with van der Waals surface area (Å²) >= 11 is 0. The molecule has 0 aliphatic heterocycles. The van der Waals surface area contributed by atoms with Gasteiger partial charge in [-0.05, 0) is 6.07 Å². The molecule has 0 fully saturated rings. The Morgan fingerprint density at radius 2 is 2.18 bits per heavy atom. The van der Waals surface area contributed by atoms with Gasteiger partial charge in [-0.3, -0.25) is 10.1 Å². The van der Waals surface area contributed by atoms with Crippen molar-refractivity contribution in [2.75, 3.05) is 0 Å². The highest BCUT2D eigenvalue weighted by molar-refractivity contribution is 5.75. The lowest BCUT2D eigenvalue weighted by Crippen LogP contribution is -1.68. The minimum atomic E-state index is 0. The van der Waals surface area contributed by atoms with Gasteiger partial charge in [0.05, 0.1) is 11.7 Å². The van der Waals surface area contributed by atoms with Gasteiger partial charge < -0.3 is 0 Å². The van der Waals surface area contributed by atoms with Crippen molar-refractivity contribution in [3.8, 4) is 0 Å². The number of fused-ring (bicyclic) bond motifs is 1. The van der Waals surface area contributed by atoms with E-state index in [0.29, 0.717) is 0 Å². The Morgan fingerprint density at radius 3 is 2.91 bits per heavy atom. The summed E-state index contributed by atoms with van der Waals surface area (Å²) < 4.78 is 0. The first-order chi connectivity index (χ1) is 5.47. The maximum atomic E-state index is 3.93. The normalized spacial score (nSPS) is 8.91. The van der Waals surface area contributed by atoms with E-state index in [2.05, 4.69) is 15.2 Å². The molecule has 0 saturated heterocycles. The number of hydrogen-bond acceptors (Lipinski definition) is 2. The number of pyridine rings is 1. The van der Waals surface area contributed by atoms with Crippen LogP contribution in [0.2, 0.25) is 0 Å². The van der Waals surface area contributed by atoms with E-state index in [-0.39, 0.29) is 1.43 Å². The van der Waals surface area contributed by atoms with Crippen molar-refractivity contribution in [3.63, 3.8) is 0 Å². The van der Waals surface area contributed by atoms with Gasteiger partial charge in [0.2, 0.25) is 0 Å². The average molecular weight is 151 g/mol. The van der Waals surface area contributed by atoms with Crippen LogP contribution in [0.15, 0.2) is 24.7 Å². The van der Waals surface area contributed by atoms with Crippen LogP contribution in [0.25, 0.3) is 10.9 Å². The SMILES string of the molecule is CC.[HH].c1cc2[nH]ncc2cn1. The molecule has 2 rings (SSSR count). The van der Waals surface area contributed by atoms with E-state index < -0.39 is 0 Å². The van der Waals surface area contributed by atoms with Gasteiger partial charge in [-0.15, -0.1) is 0 Å². The van der Waals surface area contributed by atoms with Crippen LogP contribution in [0.5, 0.6) is 0 Å². The van der Waals surface area contributed by atoms with Crippen molar-refractivity contribution >= 4 is 10.9 Å². The topological polar surface area (TPSA) is 41.6 Å². The highest BCUT2D eigenvalue weighted by Gasteiger charge is 1.89. The molecule has 3 nitrogen and oxygen atoms in total. The van der Waals surface area contributed by atoms with E-state index in [4.69, 9.17) is 0 Å². The van der Waals surface area contributed by atoms with Crippen LogP contribution in [0.1, 0.15) is 15.3 Å². The molecule has 2 aromatic heterocycles. The number of H-pyrrole nitrogens is 1. The molecule has 0 amide bonds. The van der Waals surface area contributed by atoms with Crippen LogP contribution in [0.3, 0.4) is 0 Å². The maximum absolute atomic E-state index is 3.93. The van der Waals surface area contributed by atoms with E-state index in [1.807, 2.05) is 19.9 Å². The molecule has 2 aromatic rings. The monoisotopic (exact) mass is 151 g/mol. The predicted molar refractivity (Wildman–Crippen MR) is 47.4 cm³/mol. The maximum Gasteiger partial charge on any atom is 0.0681 e. The smallest absolute Gasteiger partial charge is 0.0681 e. The van der Waals surface area contributed by atoms with Crippen molar-refractivity contribution in [3.05, 3.63) is 24.7 Å². The molecule has 3 heteroatoms. The molecule has 0 bridgehead atoms. The van der Waals surface area contributed by atoms with Gasteiger partial charge >= 0.3 is 0 Å². The fourth-order valence-electron chi connectivity index (χ4n) is 0.783. The molecule has 0 radical (unpaired) electrons. The molecule has 0 saturated carbocycles. The quantitative estimate of drug-likeness (QED) is 0.627. The second-order valence-corrected chi connectivity index (χ2v) is 1.83. The van der Waals surface area contributed by atoms with Crippen LogP contribution in [-0.4, -0.2) is 15.2 Å². The summed E-state index contributed by atoms with van der Waals surface area (Å²) in [5.41, 5.74) is 1.03. The molecule has 0 unspecified atom stereocenters. The van der Waals surface area contributed by atoms with E-state index >= 15 is 0 Å². The van der Waals surface area contributed by atoms with Crippen molar-refractivity contribution in [1.82, 2.24) is 15.2 Å². The molecule has 1 N–H and O–H groups in total. The van der Waals surface area contributed by atoms with Crippen LogP contribution < -0.4 is 0 Å². The molecule has 0 atom stereocenters. The Balaban J connectivity index is 0.000000378. The lowest BCUT2D eigenvalue weighted by atomic mass is 10.3. The molecule has 0 aliphatic carbocycles. The number of nitrogens with zero attached hydrogens (tertiary/aromatic N) is 2. The molecule has 2 heterocycles. The molecule has 60 valence electrons. The van der Waals surface area contributed by atoms with Gasteiger partial charge in [0.1, 0.15) is 0 Å². The first-order valence-electron chi connectivity index (χ1n) is 3.70. The molecule has 0 aliphatic rings. The van der Waals surface area contributed by atoms with E-state index in [0.717, 1.165) is 10.9 Å². The number of nitrogens with one attached hydrogen (secondary N) is 1. The lowest BCUT2D eigenvalue weighted by molar-refractivity contribution is 1.12. The second kappa shape index (κ2) is 3.71. The van der Waals surface area contributed by atoms with E-state index in [1.165, 1.54) is 0 Å². The zero-order valence-electron chi connectivity index (χ0n) is 6.70. The van der Waals surface area contributed by atoms with Crippen molar-refractivity contribution in [2.45, 2.75) is 13.8 Å². The highest BCUT2D eigenvalue weighted by Crippen LogP contribution is 2.04. The van der Waals surface area contributed by atoms with Gasteiger partial charge in [0, 0.05) is 19.2 Å². The molecule has 11 heavy (non-hydrogen) atoms. The van der Waals surface area contributed by atoms with E-state index in [1.54, 1.807) is 18.6 Å². The summed E-state index contributed by atoms with van der Waals surface area (Å²) in [7, 11) is 0. The zero-order chi connectivity index (χ0) is 8.10. The van der Waals surface area contributed by atoms with E-state index in [9.17, 15) is 0 Å². The Bertz CT molecular complexity index is 288. The summed E-state index contributed by atoms with van der Waals surface area (Å²) in [5.74, 6) is 0. The predicted octanol–water partition coefficient (Wildman–Crippen LogP) is 2.23. The molecule has 0 aromatic carbocycles. The van der Waals surface area contributed by atoms with Crippen molar-refractivity contribution in [2.24, 2.45) is 0 Å². The van der Waals surface area contributed by atoms with Gasteiger partial charge in [-0.2, -0.15) is 5.10 Å². The highest BCUT2D eigenvalue weighted by atomic mass is 15.1. The molecule has 0 spiro atoms. The fourth-order valence-corrected chi connectivity index (χ4v) is 0.783. The minimum Gasteiger partial charge on any atom is -0.278 e. The number of hydrogen-bond donors (Lipinski definition) is 1. The van der Waals surface area contributed by atoms with Gasteiger partial charge in [-0.1, -0.05) is 13.8 Å². The summed E-state index contributed by atoms with van der Waals surface area (Å²) in [6, 6.07) is 1.89. The molecular formula is C8H13N3. The summed E-state index contributed by atoms with van der Waals surface area (Å²) in [6.45, 7) is 4.00. The Hall–Kier alpha value is -1.38. The van der Waals surface area contributed by atoms with Gasteiger partial charge in [-0.25, -0.2) is 0 Å². The minimum absolute atomic E-state index is 0. The van der Waals surface area contributed by atoms with Crippen molar-refractivity contribution in [1.29, 1.82) is 0 Å². The Morgan fingerprint density at radius 1 is 1.36 bits per heavy atom. The summed E-state index contributed by atoms with van der Waals surface area (Å²) in [5, 5.41) is 7.72. The number of aromatic nitrogens is 3. The van der Waals surface area contributed by atoms with Crippen LogP contribution in [0, 0.1) is 0 Å². The summed E-state index contributed by atoms with van der Waals surface area (Å²) in [6.07, 6.45) is 5.27. The van der Waals surface area contributed by atoms with Crippen molar-refractivity contribution < 1.29 is 1.43 Å². The average Bonchev–Trinajstić information content (AvgIpc) is 2.55. The third-order valence-corrected chi connectivity index (χ3v) is 1.24. The third kappa shape index (κ3) is 1.55. The Kier molecular flexibility index (Phi) is 2.60. The second-order valence-electron chi connectivity index (χ2n) is 1.83. The fraction of sp³-hybridized carbons (Fsp3) is 0.250. The van der Waals surface area contributed by atoms with Gasteiger partial charge in [0.25, 0.3) is 0 Å².